The van der Waals surface area contributed by atoms with Gasteiger partial charge in [0.05, 0.1) is 0 Å². The van der Waals surface area contributed by atoms with Crippen molar-refractivity contribution >= 4 is 6.09 Å². The highest BCUT2D eigenvalue weighted by molar-refractivity contribution is 5.68. The molecule has 0 unspecified atom stereocenters. The Morgan fingerprint density at radius 1 is 1.50 bits per heavy atom. The smallest absolute Gasteiger partial charge is 0.407 e. The van der Waals surface area contributed by atoms with Crippen LogP contribution in [-0.4, -0.2) is 29.4 Å². The van der Waals surface area contributed by atoms with Crippen LogP contribution in [0.1, 0.15) is 33.6 Å². The SMILES string of the molecule is CC(C)(C)OC(=O)N[C@H]1CC[C@@H]1CO. The number of hydrogen-bond donors (Lipinski definition) is 2. The van der Waals surface area contributed by atoms with Crippen molar-refractivity contribution in [2.45, 2.75) is 45.3 Å². The molecule has 0 saturated heterocycles. The van der Waals surface area contributed by atoms with E-state index < -0.39 is 5.60 Å². The highest BCUT2D eigenvalue weighted by Crippen LogP contribution is 2.26. The van der Waals surface area contributed by atoms with Gasteiger partial charge in [-0.25, -0.2) is 4.79 Å². The molecular formula is C10H19NO3. The number of aliphatic hydroxyl groups is 1. The first-order chi connectivity index (χ1) is 6.42. The van der Waals surface area contributed by atoms with E-state index in [4.69, 9.17) is 9.84 Å². The lowest BCUT2D eigenvalue weighted by atomic mass is 9.80. The molecule has 1 saturated carbocycles. The molecule has 0 aliphatic heterocycles. The zero-order valence-corrected chi connectivity index (χ0v) is 9.04. The molecule has 1 aliphatic rings. The second-order valence-electron chi connectivity index (χ2n) is 4.77. The van der Waals surface area contributed by atoms with Crippen LogP contribution in [0.5, 0.6) is 0 Å². The largest absolute Gasteiger partial charge is 0.444 e. The van der Waals surface area contributed by atoms with Gasteiger partial charge in [0.2, 0.25) is 0 Å². The summed E-state index contributed by atoms with van der Waals surface area (Å²) in [5.74, 6) is 0.211. The quantitative estimate of drug-likeness (QED) is 0.707. The summed E-state index contributed by atoms with van der Waals surface area (Å²) in [6.07, 6.45) is 1.53. The lowest BCUT2D eigenvalue weighted by molar-refractivity contribution is 0.0389. The van der Waals surface area contributed by atoms with Crippen LogP contribution in [0, 0.1) is 5.92 Å². The molecule has 1 rings (SSSR count). The minimum Gasteiger partial charge on any atom is -0.444 e. The van der Waals surface area contributed by atoms with E-state index in [0.717, 1.165) is 12.8 Å². The zero-order chi connectivity index (χ0) is 10.8. The fraction of sp³-hybridized carbons (Fsp3) is 0.900. The standard InChI is InChI=1S/C10H19NO3/c1-10(2,3)14-9(13)11-8-5-4-7(8)6-12/h7-8,12H,4-6H2,1-3H3,(H,11,13)/t7-,8+/m1/s1. The van der Waals surface area contributed by atoms with Gasteiger partial charge in [-0.1, -0.05) is 0 Å². The number of rotatable bonds is 2. The lowest BCUT2D eigenvalue weighted by Gasteiger charge is -2.36. The Hall–Kier alpha value is -0.770. The maximum atomic E-state index is 11.3. The van der Waals surface area contributed by atoms with Crippen molar-refractivity contribution in [3.05, 3.63) is 0 Å². The van der Waals surface area contributed by atoms with Crippen LogP contribution in [-0.2, 0) is 4.74 Å². The van der Waals surface area contributed by atoms with E-state index in [1.165, 1.54) is 0 Å². The van der Waals surface area contributed by atoms with E-state index >= 15 is 0 Å². The van der Waals surface area contributed by atoms with Gasteiger partial charge in [-0.05, 0) is 33.6 Å². The Kier molecular flexibility index (Phi) is 3.37. The molecule has 14 heavy (non-hydrogen) atoms. The summed E-state index contributed by atoms with van der Waals surface area (Å²) in [6.45, 7) is 5.63. The molecule has 0 aromatic heterocycles. The molecule has 0 heterocycles. The van der Waals surface area contributed by atoms with Crippen LogP contribution in [0.3, 0.4) is 0 Å². The molecule has 1 amide bonds. The number of ether oxygens (including phenoxy) is 1. The van der Waals surface area contributed by atoms with E-state index in [0.29, 0.717) is 0 Å². The molecule has 0 bridgehead atoms. The molecule has 82 valence electrons. The van der Waals surface area contributed by atoms with E-state index in [1.54, 1.807) is 0 Å². The Labute approximate surface area is 84.6 Å². The summed E-state index contributed by atoms with van der Waals surface area (Å²) in [5, 5.41) is 11.7. The van der Waals surface area contributed by atoms with E-state index in [9.17, 15) is 4.79 Å². The van der Waals surface area contributed by atoms with Crippen LogP contribution in [0.15, 0.2) is 0 Å². The average molecular weight is 201 g/mol. The summed E-state index contributed by atoms with van der Waals surface area (Å²) in [5.41, 5.74) is -0.456. The first-order valence-corrected chi connectivity index (χ1v) is 5.03. The third-order valence-electron chi connectivity index (χ3n) is 2.35. The molecule has 0 aromatic rings. The van der Waals surface area contributed by atoms with Crippen molar-refractivity contribution in [1.29, 1.82) is 0 Å². The van der Waals surface area contributed by atoms with Gasteiger partial charge in [-0.2, -0.15) is 0 Å². The average Bonchev–Trinajstić information content (AvgIpc) is 1.96. The molecule has 0 aromatic carbocycles. The molecule has 2 N–H and O–H groups in total. The fourth-order valence-electron chi connectivity index (χ4n) is 1.44. The Morgan fingerprint density at radius 2 is 2.14 bits per heavy atom. The Morgan fingerprint density at radius 3 is 2.50 bits per heavy atom. The Balaban J connectivity index is 2.27. The summed E-state index contributed by atoms with van der Waals surface area (Å²) in [4.78, 5) is 11.3. The van der Waals surface area contributed by atoms with Crippen LogP contribution < -0.4 is 5.32 Å². The van der Waals surface area contributed by atoms with Crippen molar-refractivity contribution in [2.75, 3.05) is 6.61 Å². The monoisotopic (exact) mass is 201 g/mol. The zero-order valence-electron chi connectivity index (χ0n) is 9.04. The van der Waals surface area contributed by atoms with Gasteiger partial charge in [0, 0.05) is 18.6 Å². The second-order valence-corrected chi connectivity index (χ2v) is 4.77. The molecule has 4 nitrogen and oxygen atoms in total. The summed E-state index contributed by atoms with van der Waals surface area (Å²) >= 11 is 0. The molecule has 0 spiro atoms. The molecule has 1 fully saturated rings. The topological polar surface area (TPSA) is 58.6 Å². The van der Waals surface area contributed by atoms with Crippen LogP contribution in [0.4, 0.5) is 4.79 Å². The van der Waals surface area contributed by atoms with E-state index in [1.807, 2.05) is 20.8 Å². The minimum atomic E-state index is -0.456. The van der Waals surface area contributed by atoms with Gasteiger partial charge in [0.15, 0.2) is 0 Å². The predicted octanol–water partition coefficient (Wildman–Crippen LogP) is 1.28. The maximum absolute atomic E-state index is 11.3. The number of alkyl carbamates (subject to hydrolysis) is 1. The van der Waals surface area contributed by atoms with Crippen LogP contribution in [0.2, 0.25) is 0 Å². The van der Waals surface area contributed by atoms with Gasteiger partial charge in [-0.15, -0.1) is 0 Å². The van der Waals surface area contributed by atoms with Crippen LogP contribution >= 0.6 is 0 Å². The molecule has 1 aliphatic carbocycles. The van der Waals surface area contributed by atoms with Gasteiger partial charge in [0.1, 0.15) is 5.60 Å². The second kappa shape index (κ2) is 4.17. The number of hydrogen-bond acceptors (Lipinski definition) is 3. The Bertz CT molecular complexity index is 208. The minimum absolute atomic E-state index is 0.0925. The lowest BCUT2D eigenvalue weighted by Crippen LogP contribution is -2.49. The normalized spacial score (nSPS) is 26.6. The summed E-state index contributed by atoms with van der Waals surface area (Å²) in [7, 11) is 0. The van der Waals surface area contributed by atoms with Crippen molar-refractivity contribution in [1.82, 2.24) is 5.32 Å². The maximum Gasteiger partial charge on any atom is 0.407 e. The first-order valence-electron chi connectivity index (χ1n) is 5.03. The van der Waals surface area contributed by atoms with Gasteiger partial charge in [0.25, 0.3) is 0 Å². The molecule has 2 atom stereocenters. The van der Waals surface area contributed by atoms with Gasteiger partial charge < -0.3 is 15.2 Å². The highest BCUT2D eigenvalue weighted by atomic mass is 16.6. The fourth-order valence-corrected chi connectivity index (χ4v) is 1.44. The van der Waals surface area contributed by atoms with E-state index in [2.05, 4.69) is 5.32 Å². The first kappa shape index (κ1) is 11.3. The van der Waals surface area contributed by atoms with Gasteiger partial charge >= 0.3 is 6.09 Å². The highest BCUT2D eigenvalue weighted by Gasteiger charge is 2.32. The van der Waals surface area contributed by atoms with Crippen molar-refractivity contribution < 1.29 is 14.6 Å². The number of amides is 1. The van der Waals surface area contributed by atoms with Crippen molar-refractivity contribution in [2.24, 2.45) is 5.92 Å². The summed E-state index contributed by atoms with van der Waals surface area (Å²) in [6, 6.07) is 0.0925. The number of carbonyl (C=O) groups excluding carboxylic acids is 1. The van der Waals surface area contributed by atoms with E-state index in [-0.39, 0.29) is 24.7 Å². The van der Waals surface area contributed by atoms with Crippen molar-refractivity contribution in [3.8, 4) is 0 Å². The molecule has 0 radical (unpaired) electrons. The third-order valence-corrected chi connectivity index (χ3v) is 2.35. The summed E-state index contributed by atoms with van der Waals surface area (Å²) < 4.78 is 5.11. The third kappa shape index (κ3) is 3.18. The van der Waals surface area contributed by atoms with Crippen molar-refractivity contribution in [3.63, 3.8) is 0 Å². The van der Waals surface area contributed by atoms with Gasteiger partial charge in [-0.3, -0.25) is 0 Å². The number of aliphatic hydroxyl groups excluding tert-OH is 1. The number of carbonyl (C=O) groups is 1. The number of nitrogens with one attached hydrogen (secondary N) is 1. The predicted molar refractivity (Wildman–Crippen MR) is 53.0 cm³/mol. The molecular weight excluding hydrogens is 182 g/mol. The molecule has 4 heteroatoms. The van der Waals surface area contributed by atoms with Crippen LogP contribution in [0.25, 0.3) is 0 Å².